The molecule has 0 aliphatic carbocycles. The van der Waals surface area contributed by atoms with E-state index in [0.717, 1.165) is 16.6 Å². The summed E-state index contributed by atoms with van der Waals surface area (Å²) in [7, 11) is 0. The van der Waals surface area contributed by atoms with Crippen molar-refractivity contribution in [2.45, 2.75) is 25.1 Å². The van der Waals surface area contributed by atoms with Gasteiger partial charge in [-0.15, -0.1) is 11.6 Å². The fraction of sp³-hybridized carbons (Fsp3) is 0.294. The van der Waals surface area contributed by atoms with Crippen molar-refractivity contribution in [1.82, 2.24) is 0 Å². The van der Waals surface area contributed by atoms with Crippen LogP contribution in [0.15, 0.2) is 46.9 Å². The minimum Gasteiger partial charge on any atom is -0.340 e. The number of benzene rings is 2. The Morgan fingerprint density at radius 1 is 1.05 bits per heavy atom. The molecule has 0 fully saturated rings. The number of anilines is 2. The van der Waals surface area contributed by atoms with Gasteiger partial charge in [0.05, 0.1) is 5.69 Å². The third-order valence-corrected chi connectivity index (χ3v) is 4.76. The fourth-order valence-corrected chi connectivity index (χ4v) is 3.60. The molecule has 0 bridgehead atoms. The smallest absolute Gasteiger partial charge is 0.0555 e. The summed E-state index contributed by atoms with van der Waals surface area (Å²) in [6.07, 6.45) is 3.65. The van der Waals surface area contributed by atoms with Crippen LogP contribution >= 0.6 is 27.5 Å². The Labute approximate surface area is 133 Å². The molecule has 0 amide bonds. The standard InChI is InChI=1S/C17H17BrClN/c18-15-11-13(12-19)8-9-17(15)20-10-4-3-6-14-5-1-2-7-16(14)20/h1-2,5,7-9,11H,3-4,6,10,12H2. The average Bonchev–Trinajstić information content (AvgIpc) is 2.69. The van der Waals surface area contributed by atoms with Crippen LogP contribution in [-0.4, -0.2) is 6.54 Å². The van der Waals surface area contributed by atoms with Gasteiger partial charge in [0.1, 0.15) is 0 Å². The number of alkyl halides is 1. The number of nitrogens with zero attached hydrogens (tertiary/aromatic N) is 1. The van der Waals surface area contributed by atoms with E-state index in [9.17, 15) is 0 Å². The molecule has 3 rings (SSSR count). The Kier molecular flexibility index (Phi) is 4.32. The van der Waals surface area contributed by atoms with Gasteiger partial charge in [0.15, 0.2) is 0 Å². The molecular formula is C17H17BrClN. The van der Waals surface area contributed by atoms with Crippen molar-refractivity contribution in [3.05, 3.63) is 58.1 Å². The van der Waals surface area contributed by atoms with E-state index in [2.05, 4.69) is 63.3 Å². The molecule has 104 valence electrons. The molecule has 0 radical (unpaired) electrons. The van der Waals surface area contributed by atoms with E-state index in [-0.39, 0.29) is 0 Å². The van der Waals surface area contributed by atoms with Crippen LogP contribution in [0.4, 0.5) is 11.4 Å². The maximum Gasteiger partial charge on any atom is 0.0555 e. The van der Waals surface area contributed by atoms with Gasteiger partial charge in [-0.1, -0.05) is 24.3 Å². The zero-order valence-electron chi connectivity index (χ0n) is 11.3. The van der Waals surface area contributed by atoms with Crippen LogP contribution < -0.4 is 4.90 Å². The molecule has 1 nitrogen and oxygen atoms in total. The molecule has 20 heavy (non-hydrogen) atoms. The Morgan fingerprint density at radius 2 is 1.90 bits per heavy atom. The maximum absolute atomic E-state index is 5.91. The van der Waals surface area contributed by atoms with Gasteiger partial charge in [0.25, 0.3) is 0 Å². The van der Waals surface area contributed by atoms with Crippen molar-refractivity contribution in [2.24, 2.45) is 0 Å². The summed E-state index contributed by atoms with van der Waals surface area (Å²) in [5.41, 5.74) is 5.15. The zero-order valence-corrected chi connectivity index (χ0v) is 13.6. The van der Waals surface area contributed by atoms with Crippen molar-refractivity contribution in [3.63, 3.8) is 0 Å². The Bertz CT molecular complexity index is 612. The van der Waals surface area contributed by atoms with Crippen LogP contribution in [0.1, 0.15) is 24.0 Å². The van der Waals surface area contributed by atoms with E-state index in [4.69, 9.17) is 11.6 Å². The third kappa shape index (κ3) is 2.72. The first-order valence-electron chi connectivity index (χ1n) is 6.99. The molecule has 0 saturated carbocycles. The number of hydrogen-bond donors (Lipinski definition) is 0. The number of hydrogen-bond acceptors (Lipinski definition) is 1. The van der Waals surface area contributed by atoms with Crippen molar-refractivity contribution < 1.29 is 0 Å². The van der Waals surface area contributed by atoms with E-state index >= 15 is 0 Å². The number of halogens is 2. The van der Waals surface area contributed by atoms with Gasteiger partial charge in [0, 0.05) is 22.6 Å². The SMILES string of the molecule is ClCc1ccc(N2CCCCc3ccccc32)c(Br)c1. The summed E-state index contributed by atoms with van der Waals surface area (Å²) < 4.78 is 1.12. The first-order valence-corrected chi connectivity index (χ1v) is 8.32. The molecule has 2 aromatic rings. The van der Waals surface area contributed by atoms with Gasteiger partial charge in [-0.2, -0.15) is 0 Å². The summed E-state index contributed by atoms with van der Waals surface area (Å²) in [5, 5.41) is 0. The van der Waals surface area contributed by atoms with Crippen LogP contribution in [0, 0.1) is 0 Å². The summed E-state index contributed by atoms with van der Waals surface area (Å²) in [6, 6.07) is 15.1. The summed E-state index contributed by atoms with van der Waals surface area (Å²) in [5.74, 6) is 0.551. The molecular weight excluding hydrogens is 334 g/mol. The lowest BCUT2D eigenvalue weighted by atomic mass is 10.1. The van der Waals surface area contributed by atoms with Gasteiger partial charge < -0.3 is 4.90 Å². The number of aryl methyl sites for hydroxylation is 1. The number of rotatable bonds is 2. The quantitative estimate of drug-likeness (QED) is 0.631. The van der Waals surface area contributed by atoms with Crippen LogP contribution in [-0.2, 0) is 12.3 Å². The van der Waals surface area contributed by atoms with E-state index < -0.39 is 0 Å². The molecule has 1 heterocycles. The lowest BCUT2D eigenvalue weighted by Gasteiger charge is -2.26. The highest BCUT2D eigenvalue weighted by molar-refractivity contribution is 9.10. The highest BCUT2D eigenvalue weighted by Crippen LogP contribution is 2.37. The Morgan fingerprint density at radius 3 is 2.70 bits per heavy atom. The number of para-hydroxylation sites is 1. The van der Waals surface area contributed by atoms with Gasteiger partial charge in [0.2, 0.25) is 0 Å². The highest BCUT2D eigenvalue weighted by atomic mass is 79.9. The van der Waals surface area contributed by atoms with Gasteiger partial charge in [-0.25, -0.2) is 0 Å². The van der Waals surface area contributed by atoms with Gasteiger partial charge in [-0.3, -0.25) is 0 Å². The van der Waals surface area contributed by atoms with Crippen molar-refractivity contribution >= 4 is 38.9 Å². The Hall–Kier alpha value is -0.990. The molecule has 0 unspecified atom stereocenters. The maximum atomic E-state index is 5.91. The van der Waals surface area contributed by atoms with Crippen LogP contribution in [0.3, 0.4) is 0 Å². The summed E-state index contributed by atoms with van der Waals surface area (Å²) in [6.45, 7) is 1.07. The van der Waals surface area contributed by atoms with Gasteiger partial charge >= 0.3 is 0 Å². The summed E-state index contributed by atoms with van der Waals surface area (Å²) in [4.78, 5) is 2.42. The molecule has 1 aliphatic heterocycles. The largest absolute Gasteiger partial charge is 0.340 e. The normalized spacial score (nSPS) is 14.8. The molecule has 0 N–H and O–H groups in total. The van der Waals surface area contributed by atoms with Crippen molar-refractivity contribution in [1.29, 1.82) is 0 Å². The monoisotopic (exact) mass is 349 g/mol. The van der Waals surface area contributed by atoms with E-state index in [1.807, 2.05) is 0 Å². The molecule has 3 heteroatoms. The minimum atomic E-state index is 0.551. The number of fused-ring (bicyclic) bond motifs is 1. The van der Waals surface area contributed by atoms with Crippen LogP contribution in [0.2, 0.25) is 0 Å². The van der Waals surface area contributed by atoms with Crippen molar-refractivity contribution in [3.8, 4) is 0 Å². The van der Waals surface area contributed by atoms with E-state index in [1.54, 1.807) is 0 Å². The molecule has 0 saturated heterocycles. The Balaban J connectivity index is 2.05. The third-order valence-electron chi connectivity index (χ3n) is 3.82. The topological polar surface area (TPSA) is 3.24 Å². The molecule has 0 aromatic heterocycles. The van der Waals surface area contributed by atoms with Gasteiger partial charge in [-0.05, 0) is 64.5 Å². The lowest BCUT2D eigenvalue weighted by Crippen LogP contribution is -2.18. The van der Waals surface area contributed by atoms with E-state index in [0.29, 0.717) is 5.88 Å². The predicted octanol–water partition coefficient (Wildman–Crippen LogP) is 5.66. The second kappa shape index (κ2) is 6.19. The predicted molar refractivity (Wildman–Crippen MR) is 90.1 cm³/mol. The second-order valence-electron chi connectivity index (χ2n) is 5.16. The van der Waals surface area contributed by atoms with Crippen LogP contribution in [0.25, 0.3) is 0 Å². The minimum absolute atomic E-state index is 0.551. The second-order valence-corrected chi connectivity index (χ2v) is 6.28. The van der Waals surface area contributed by atoms with E-state index in [1.165, 1.54) is 36.2 Å². The molecule has 0 atom stereocenters. The zero-order chi connectivity index (χ0) is 13.9. The van der Waals surface area contributed by atoms with Crippen molar-refractivity contribution in [2.75, 3.05) is 11.4 Å². The molecule has 0 spiro atoms. The van der Waals surface area contributed by atoms with Crippen LogP contribution in [0.5, 0.6) is 0 Å². The lowest BCUT2D eigenvalue weighted by molar-refractivity contribution is 0.760. The summed E-state index contributed by atoms with van der Waals surface area (Å²) >= 11 is 9.61. The molecule has 2 aromatic carbocycles. The average molecular weight is 351 g/mol. The highest BCUT2D eigenvalue weighted by Gasteiger charge is 2.18. The molecule has 1 aliphatic rings. The fourth-order valence-electron chi connectivity index (χ4n) is 2.79. The first-order chi connectivity index (χ1) is 9.79. The first kappa shape index (κ1) is 14.0.